The van der Waals surface area contributed by atoms with Crippen LogP contribution in [0.4, 0.5) is 10.1 Å². The molecule has 0 atom stereocenters. The number of aliphatic imine (C=N–C) groups is 1. The van der Waals surface area contributed by atoms with Gasteiger partial charge in [-0.15, -0.1) is 0 Å². The van der Waals surface area contributed by atoms with Gasteiger partial charge in [0.05, 0.1) is 10.5 Å². The summed E-state index contributed by atoms with van der Waals surface area (Å²) in [6.45, 7) is 0. The number of rotatable bonds is 4. The molecule has 25 heavy (non-hydrogen) atoms. The van der Waals surface area contributed by atoms with Crippen LogP contribution in [-0.4, -0.2) is 16.8 Å². The highest BCUT2D eigenvalue weighted by atomic mass is 19.1. The number of halogens is 1. The second-order valence-electron chi connectivity index (χ2n) is 5.05. The van der Waals surface area contributed by atoms with Gasteiger partial charge in [-0.05, 0) is 23.8 Å². The second-order valence-corrected chi connectivity index (χ2v) is 5.05. The van der Waals surface area contributed by atoms with Crippen LogP contribution in [0.15, 0.2) is 71.4 Å². The van der Waals surface area contributed by atoms with E-state index in [-0.39, 0.29) is 22.8 Å². The van der Waals surface area contributed by atoms with Crippen molar-refractivity contribution >= 4 is 23.6 Å². The average Bonchev–Trinajstić information content (AvgIpc) is 2.96. The fraction of sp³-hybridized carbons (Fsp3) is 0. The molecular weight excluding hydrogens is 327 g/mol. The Kier molecular flexibility index (Phi) is 4.47. The number of hydrogen-bond donors (Lipinski definition) is 0. The molecule has 124 valence electrons. The molecule has 7 heteroatoms. The monoisotopic (exact) mass is 338 g/mol. The quantitative estimate of drug-likeness (QED) is 0.369. The molecule has 6 nitrogen and oxygen atoms in total. The van der Waals surface area contributed by atoms with Crippen molar-refractivity contribution in [2.24, 2.45) is 4.99 Å². The highest BCUT2D eigenvalue weighted by Gasteiger charge is 2.25. The van der Waals surface area contributed by atoms with E-state index in [4.69, 9.17) is 4.74 Å². The fourth-order valence-corrected chi connectivity index (χ4v) is 2.17. The van der Waals surface area contributed by atoms with E-state index in [1.165, 1.54) is 42.5 Å². The maximum absolute atomic E-state index is 13.7. The zero-order valence-electron chi connectivity index (χ0n) is 12.8. The van der Waals surface area contributed by atoms with E-state index in [0.717, 1.165) is 0 Å². The van der Waals surface area contributed by atoms with E-state index in [1.54, 1.807) is 24.3 Å². The number of esters is 1. The number of carbonyl (C=O) groups excluding carboxylic acids is 1. The molecule has 2 aromatic rings. The summed E-state index contributed by atoms with van der Waals surface area (Å²) in [7, 11) is 0. The van der Waals surface area contributed by atoms with E-state index in [1.807, 2.05) is 0 Å². The Morgan fingerprint density at radius 1 is 1.16 bits per heavy atom. The first-order valence-electron chi connectivity index (χ1n) is 7.23. The summed E-state index contributed by atoms with van der Waals surface area (Å²) in [5.41, 5.74) is 0.674. The number of hydrogen-bond acceptors (Lipinski definition) is 5. The Labute approximate surface area is 141 Å². The largest absolute Gasteiger partial charge is 0.402 e. The van der Waals surface area contributed by atoms with E-state index in [9.17, 15) is 19.3 Å². The Morgan fingerprint density at radius 3 is 2.72 bits per heavy atom. The van der Waals surface area contributed by atoms with Gasteiger partial charge in [0.25, 0.3) is 5.69 Å². The van der Waals surface area contributed by atoms with E-state index in [0.29, 0.717) is 5.56 Å². The van der Waals surface area contributed by atoms with Crippen LogP contribution in [0.2, 0.25) is 0 Å². The van der Waals surface area contributed by atoms with Crippen molar-refractivity contribution < 1.29 is 18.8 Å². The van der Waals surface area contributed by atoms with Gasteiger partial charge in [-0.3, -0.25) is 10.1 Å². The van der Waals surface area contributed by atoms with Gasteiger partial charge in [-0.1, -0.05) is 36.4 Å². The van der Waals surface area contributed by atoms with Gasteiger partial charge in [0.1, 0.15) is 5.82 Å². The van der Waals surface area contributed by atoms with Crippen molar-refractivity contribution in [3.8, 4) is 0 Å². The summed E-state index contributed by atoms with van der Waals surface area (Å²) < 4.78 is 18.7. The van der Waals surface area contributed by atoms with Gasteiger partial charge >= 0.3 is 5.97 Å². The fourth-order valence-electron chi connectivity index (χ4n) is 2.17. The first kappa shape index (κ1) is 16.3. The number of nitrogens with zero attached hydrogens (tertiary/aromatic N) is 2. The van der Waals surface area contributed by atoms with Gasteiger partial charge < -0.3 is 4.74 Å². The number of non-ortho nitro benzene ring substituents is 1. The van der Waals surface area contributed by atoms with Crippen LogP contribution in [0.25, 0.3) is 6.08 Å². The van der Waals surface area contributed by atoms with Gasteiger partial charge in [0.2, 0.25) is 5.90 Å². The highest BCUT2D eigenvalue weighted by molar-refractivity contribution is 6.11. The van der Waals surface area contributed by atoms with Crippen LogP contribution in [0.1, 0.15) is 11.1 Å². The third kappa shape index (κ3) is 3.66. The van der Waals surface area contributed by atoms with Crippen LogP contribution in [0.5, 0.6) is 0 Å². The number of benzene rings is 2. The van der Waals surface area contributed by atoms with Crippen LogP contribution in [0, 0.1) is 15.9 Å². The van der Waals surface area contributed by atoms with Crippen molar-refractivity contribution in [1.29, 1.82) is 0 Å². The maximum atomic E-state index is 13.7. The average molecular weight is 338 g/mol. The molecule has 0 unspecified atom stereocenters. The summed E-state index contributed by atoms with van der Waals surface area (Å²) in [5.74, 6) is -1.33. The topological polar surface area (TPSA) is 81.8 Å². The molecule has 0 aliphatic carbocycles. The summed E-state index contributed by atoms with van der Waals surface area (Å²) in [4.78, 5) is 26.0. The van der Waals surface area contributed by atoms with Crippen molar-refractivity contribution in [3.05, 3.63) is 93.4 Å². The lowest BCUT2D eigenvalue weighted by Gasteiger charge is -1.99. The van der Waals surface area contributed by atoms with E-state index in [2.05, 4.69) is 4.99 Å². The summed E-state index contributed by atoms with van der Waals surface area (Å²) in [6, 6.07) is 11.9. The lowest BCUT2D eigenvalue weighted by atomic mass is 10.2. The minimum atomic E-state index is -0.693. The van der Waals surface area contributed by atoms with Crippen molar-refractivity contribution in [2.45, 2.75) is 0 Å². The number of cyclic esters (lactones) is 1. The van der Waals surface area contributed by atoms with Crippen molar-refractivity contribution in [3.63, 3.8) is 0 Å². The molecule has 0 amide bonds. The Bertz CT molecular complexity index is 948. The molecule has 0 N–H and O–H groups in total. The SMILES string of the molecule is O=C1OC(c2ccccc2F)=N/C1=C\C=C\c1cccc([N+](=O)[O-])c1. The summed E-state index contributed by atoms with van der Waals surface area (Å²) in [5, 5.41) is 10.7. The second kappa shape index (κ2) is 6.88. The zero-order chi connectivity index (χ0) is 17.8. The molecule has 0 fully saturated rings. The molecule has 0 saturated carbocycles. The van der Waals surface area contributed by atoms with Crippen LogP contribution < -0.4 is 0 Å². The molecule has 1 aliphatic heterocycles. The number of nitro groups is 1. The Hall–Kier alpha value is -3.61. The summed E-state index contributed by atoms with van der Waals surface area (Å²) >= 11 is 0. The molecule has 0 saturated heterocycles. The molecule has 3 rings (SSSR count). The lowest BCUT2D eigenvalue weighted by Crippen LogP contribution is -2.07. The third-order valence-electron chi connectivity index (χ3n) is 3.35. The van der Waals surface area contributed by atoms with E-state index < -0.39 is 16.7 Å². The van der Waals surface area contributed by atoms with Crippen LogP contribution in [-0.2, 0) is 9.53 Å². The molecule has 0 aromatic heterocycles. The predicted molar refractivity (Wildman–Crippen MR) is 89.2 cm³/mol. The third-order valence-corrected chi connectivity index (χ3v) is 3.35. The van der Waals surface area contributed by atoms with Gasteiger partial charge in [-0.25, -0.2) is 14.2 Å². The Balaban J connectivity index is 1.82. The normalized spacial score (nSPS) is 15.5. The van der Waals surface area contributed by atoms with Gasteiger partial charge in [-0.2, -0.15) is 0 Å². The Morgan fingerprint density at radius 2 is 1.96 bits per heavy atom. The number of ether oxygens (including phenoxy) is 1. The van der Waals surface area contributed by atoms with Crippen molar-refractivity contribution in [1.82, 2.24) is 0 Å². The van der Waals surface area contributed by atoms with Crippen molar-refractivity contribution in [2.75, 3.05) is 0 Å². The van der Waals surface area contributed by atoms with Gasteiger partial charge in [0, 0.05) is 12.1 Å². The number of carbonyl (C=O) groups is 1. The maximum Gasteiger partial charge on any atom is 0.363 e. The predicted octanol–water partition coefficient (Wildman–Crippen LogP) is 3.63. The van der Waals surface area contributed by atoms with E-state index >= 15 is 0 Å². The highest BCUT2D eigenvalue weighted by Crippen LogP contribution is 2.19. The molecular formula is C18H11FN2O4. The van der Waals surface area contributed by atoms with Gasteiger partial charge in [0.15, 0.2) is 5.70 Å². The molecule has 0 spiro atoms. The molecule has 2 aromatic carbocycles. The standard InChI is InChI=1S/C18H11FN2O4/c19-15-9-2-1-8-14(15)17-20-16(18(22)25-17)10-4-6-12-5-3-7-13(11-12)21(23)24/h1-11H/b6-4+,16-10-. The minimum absolute atomic E-state index is 0.0138. The first-order valence-corrected chi connectivity index (χ1v) is 7.23. The summed E-state index contributed by atoms with van der Waals surface area (Å²) in [6.07, 6.45) is 4.50. The number of nitro benzene ring substituents is 1. The minimum Gasteiger partial charge on any atom is -0.402 e. The first-order chi connectivity index (χ1) is 12.0. The molecule has 0 radical (unpaired) electrons. The molecule has 1 heterocycles. The smallest absolute Gasteiger partial charge is 0.363 e. The molecule has 1 aliphatic rings. The molecule has 0 bridgehead atoms. The number of allylic oxidation sites excluding steroid dienone is 2. The zero-order valence-corrected chi connectivity index (χ0v) is 12.8. The lowest BCUT2D eigenvalue weighted by molar-refractivity contribution is -0.384. The van der Waals surface area contributed by atoms with Crippen LogP contribution >= 0.6 is 0 Å². The van der Waals surface area contributed by atoms with Crippen LogP contribution in [0.3, 0.4) is 0 Å².